The lowest BCUT2D eigenvalue weighted by atomic mass is 9.98. The SMILES string of the molecule is CSc1nc(Cl)cc(N(C)CC2CCNCC2)n1. The topological polar surface area (TPSA) is 41.1 Å². The second-order valence-electron chi connectivity index (χ2n) is 4.61. The third-order valence-corrected chi connectivity index (χ3v) is 3.97. The van der Waals surface area contributed by atoms with Gasteiger partial charge in [-0.05, 0) is 38.1 Å². The number of nitrogens with one attached hydrogen (secondary N) is 1. The Labute approximate surface area is 118 Å². The van der Waals surface area contributed by atoms with Crippen LogP contribution in [-0.4, -0.2) is 42.9 Å². The number of halogens is 1. The summed E-state index contributed by atoms with van der Waals surface area (Å²) >= 11 is 7.53. The highest BCUT2D eigenvalue weighted by Gasteiger charge is 2.16. The Bertz CT molecular complexity index is 396. The van der Waals surface area contributed by atoms with Gasteiger partial charge in [-0.25, -0.2) is 9.97 Å². The average Bonchev–Trinajstić information content (AvgIpc) is 2.39. The van der Waals surface area contributed by atoms with Gasteiger partial charge in [-0.1, -0.05) is 23.4 Å². The summed E-state index contributed by atoms with van der Waals surface area (Å²) < 4.78 is 0. The Morgan fingerprint density at radius 3 is 2.83 bits per heavy atom. The van der Waals surface area contributed by atoms with E-state index in [1.807, 2.05) is 12.3 Å². The van der Waals surface area contributed by atoms with Crippen molar-refractivity contribution in [2.24, 2.45) is 5.92 Å². The summed E-state index contributed by atoms with van der Waals surface area (Å²) in [7, 11) is 2.07. The first kappa shape index (κ1) is 13.9. The van der Waals surface area contributed by atoms with Crippen LogP contribution in [0.4, 0.5) is 5.82 Å². The van der Waals surface area contributed by atoms with E-state index < -0.39 is 0 Å². The molecule has 1 fully saturated rings. The number of piperidine rings is 1. The highest BCUT2D eigenvalue weighted by Crippen LogP contribution is 2.21. The largest absolute Gasteiger partial charge is 0.359 e. The lowest BCUT2D eigenvalue weighted by Gasteiger charge is -2.28. The van der Waals surface area contributed by atoms with E-state index in [2.05, 4.69) is 27.2 Å². The molecule has 0 aromatic carbocycles. The third kappa shape index (κ3) is 3.73. The molecule has 2 heterocycles. The Balaban J connectivity index is 2.02. The minimum absolute atomic E-state index is 0.515. The van der Waals surface area contributed by atoms with Crippen LogP contribution in [0.2, 0.25) is 5.15 Å². The molecule has 1 aliphatic heterocycles. The third-order valence-electron chi connectivity index (χ3n) is 3.23. The van der Waals surface area contributed by atoms with E-state index in [-0.39, 0.29) is 0 Å². The Morgan fingerprint density at radius 2 is 2.17 bits per heavy atom. The zero-order valence-electron chi connectivity index (χ0n) is 10.8. The van der Waals surface area contributed by atoms with Gasteiger partial charge in [0.05, 0.1) is 0 Å². The van der Waals surface area contributed by atoms with Gasteiger partial charge in [-0.3, -0.25) is 0 Å². The summed E-state index contributed by atoms with van der Waals surface area (Å²) in [5.41, 5.74) is 0. The van der Waals surface area contributed by atoms with Crippen molar-refractivity contribution in [3.8, 4) is 0 Å². The number of aromatic nitrogens is 2. The molecule has 0 amide bonds. The maximum atomic E-state index is 6.01. The van der Waals surface area contributed by atoms with Crippen molar-refractivity contribution in [1.29, 1.82) is 0 Å². The van der Waals surface area contributed by atoms with Gasteiger partial charge in [0.15, 0.2) is 5.16 Å². The van der Waals surface area contributed by atoms with Crippen LogP contribution in [0.25, 0.3) is 0 Å². The minimum Gasteiger partial charge on any atom is -0.359 e. The molecule has 0 unspecified atom stereocenters. The van der Waals surface area contributed by atoms with Gasteiger partial charge in [-0.2, -0.15) is 0 Å². The van der Waals surface area contributed by atoms with Crippen molar-refractivity contribution in [3.05, 3.63) is 11.2 Å². The fourth-order valence-corrected chi connectivity index (χ4v) is 2.82. The molecule has 0 saturated carbocycles. The van der Waals surface area contributed by atoms with Crippen molar-refractivity contribution in [3.63, 3.8) is 0 Å². The maximum absolute atomic E-state index is 6.01. The standard InChI is InChI=1S/C12H19ClN4S/c1-17(8-9-3-5-14-6-4-9)11-7-10(13)15-12(16-11)18-2/h7,9,14H,3-6,8H2,1-2H3. The van der Waals surface area contributed by atoms with Crippen LogP contribution in [0.1, 0.15) is 12.8 Å². The molecule has 0 radical (unpaired) electrons. The van der Waals surface area contributed by atoms with Crippen LogP contribution in [-0.2, 0) is 0 Å². The quantitative estimate of drug-likeness (QED) is 0.522. The first-order valence-corrected chi connectivity index (χ1v) is 7.79. The van der Waals surface area contributed by atoms with Crippen molar-refractivity contribution in [2.75, 3.05) is 37.8 Å². The van der Waals surface area contributed by atoms with Gasteiger partial charge >= 0.3 is 0 Å². The second-order valence-corrected chi connectivity index (χ2v) is 5.77. The molecule has 1 aromatic rings. The summed E-state index contributed by atoms with van der Waals surface area (Å²) in [5, 5.41) is 4.63. The molecule has 1 aromatic heterocycles. The van der Waals surface area contributed by atoms with E-state index >= 15 is 0 Å². The predicted molar refractivity (Wildman–Crippen MR) is 77.7 cm³/mol. The van der Waals surface area contributed by atoms with E-state index in [9.17, 15) is 0 Å². The highest BCUT2D eigenvalue weighted by atomic mass is 35.5. The summed E-state index contributed by atoms with van der Waals surface area (Å²) in [6.07, 6.45) is 4.43. The summed E-state index contributed by atoms with van der Waals surface area (Å²) in [6, 6.07) is 1.84. The second kappa shape index (κ2) is 6.59. The minimum atomic E-state index is 0.515. The van der Waals surface area contributed by atoms with Crippen LogP contribution in [0.3, 0.4) is 0 Å². The van der Waals surface area contributed by atoms with E-state index in [4.69, 9.17) is 11.6 Å². The first-order chi connectivity index (χ1) is 8.69. The summed E-state index contributed by atoms with van der Waals surface area (Å²) in [5.74, 6) is 1.65. The van der Waals surface area contributed by atoms with Gasteiger partial charge in [0, 0.05) is 19.7 Å². The molecule has 2 rings (SSSR count). The number of rotatable bonds is 4. The first-order valence-electron chi connectivity index (χ1n) is 6.19. The molecule has 1 aliphatic rings. The van der Waals surface area contributed by atoms with E-state index in [1.54, 1.807) is 0 Å². The lowest BCUT2D eigenvalue weighted by molar-refractivity contribution is 0.377. The van der Waals surface area contributed by atoms with Gasteiger partial charge in [0.25, 0.3) is 0 Å². The highest BCUT2D eigenvalue weighted by molar-refractivity contribution is 7.98. The number of thioether (sulfide) groups is 1. The summed E-state index contributed by atoms with van der Waals surface area (Å²) in [4.78, 5) is 10.8. The Hall–Kier alpha value is -0.520. The fourth-order valence-electron chi connectivity index (χ4n) is 2.22. The smallest absolute Gasteiger partial charge is 0.190 e. The van der Waals surface area contributed by atoms with E-state index in [0.29, 0.717) is 5.15 Å². The zero-order valence-corrected chi connectivity index (χ0v) is 12.4. The number of anilines is 1. The van der Waals surface area contributed by atoms with Crippen LogP contribution < -0.4 is 10.2 Å². The number of hydrogen-bond donors (Lipinski definition) is 1. The predicted octanol–water partition coefficient (Wildman–Crippen LogP) is 2.29. The molecule has 0 bridgehead atoms. The molecule has 0 atom stereocenters. The molecular formula is C12H19ClN4S. The van der Waals surface area contributed by atoms with Crippen LogP contribution in [0.5, 0.6) is 0 Å². The van der Waals surface area contributed by atoms with Gasteiger partial charge in [0.2, 0.25) is 0 Å². The Kier molecular flexibility index (Phi) is 5.09. The molecule has 1 N–H and O–H groups in total. The molecule has 6 heteroatoms. The van der Waals surface area contributed by atoms with Crippen molar-refractivity contribution >= 4 is 29.2 Å². The summed E-state index contributed by atoms with van der Waals surface area (Å²) in [6.45, 7) is 3.28. The van der Waals surface area contributed by atoms with E-state index in [0.717, 1.165) is 36.5 Å². The molecule has 4 nitrogen and oxygen atoms in total. The fraction of sp³-hybridized carbons (Fsp3) is 0.667. The van der Waals surface area contributed by atoms with Crippen LogP contribution >= 0.6 is 23.4 Å². The van der Waals surface area contributed by atoms with Crippen LogP contribution in [0.15, 0.2) is 11.2 Å². The van der Waals surface area contributed by atoms with Gasteiger partial charge < -0.3 is 10.2 Å². The Morgan fingerprint density at radius 1 is 1.44 bits per heavy atom. The molecule has 1 saturated heterocycles. The van der Waals surface area contributed by atoms with Crippen molar-refractivity contribution < 1.29 is 0 Å². The van der Waals surface area contributed by atoms with Crippen molar-refractivity contribution in [2.45, 2.75) is 18.0 Å². The average molecular weight is 287 g/mol. The normalized spacial score (nSPS) is 16.8. The zero-order chi connectivity index (χ0) is 13.0. The molecule has 100 valence electrons. The molecule has 0 spiro atoms. The van der Waals surface area contributed by atoms with E-state index in [1.165, 1.54) is 24.6 Å². The van der Waals surface area contributed by atoms with Gasteiger partial charge in [0.1, 0.15) is 11.0 Å². The number of hydrogen-bond acceptors (Lipinski definition) is 5. The molecule has 0 aliphatic carbocycles. The number of nitrogens with zero attached hydrogens (tertiary/aromatic N) is 3. The lowest BCUT2D eigenvalue weighted by Crippen LogP contribution is -2.34. The van der Waals surface area contributed by atoms with Crippen LogP contribution in [0, 0.1) is 5.92 Å². The molecular weight excluding hydrogens is 268 g/mol. The van der Waals surface area contributed by atoms with Gasteiger partial charge in [-0.15, -0.1) is 0 Å². The van der Waals surface area contributed by atoms with Crippen molar-refractivity contribution in [1.82, 2.24) is 15.3 Å². The molecule has 18 heavy (non-hydrogen) atoms. The maximum Gasteiger partial charge on any atom is 0.190 e. The monoisotopic (exact) mass is 286 g/mol.